The molecule has 3 heteroatoms. The first-order valence-electron chi connectivity index (χ1n) is 6.60. The molecule has 2 aromatic carbocycles. The van der Waals surface area contributed by atoms with E-state index in [0.29, 0.717) is 11.1 Å². The first-order chi connectivity index (χ1) is 9.44. The molecule has 1 aliphatic heterocycles. The molecule has 0 radical (unpaired) electrons. The molecule has 3 nitrogen and oxygen atoms in total. The first-order valence-corrected chi connectivity index (χ1v) is 6.60. The zero-order valence-corrected chi connectivity index (χ0v) is 11.5. The van der Waals surface area contributed by atoms with Crippen molar-refractivity contribution in [2.24, 2.45) is 0 Å². The van der Waals surface area contributed by atoms with Crippen LogP contribution in [0.2, 0.25) is 0 Å². The smallest absolute Gasteiger partial charge is 0.193 e. The minimum Gasteiger partial charge on any atom is -0.508 e. The van der Waals surface area contributed by atoms with Crippen LogP contribution in [0.1, 0.15) is 35.3 Å². The zero-order chi connectivity index (χ0) is 14.3. The van der Waals surface area contributed by atoms with Gasteiger partial charge in [-0.3, -0.25) is 4.79 Å². The third kappa shape index (κ3) is 2.27. The molecular formula is C17H16O3. The Kier molecular flexibility index (Phi) is 2.78. The van der Waals surface area contributed by atoms with E-state index in [4.69, 9.17) is 4.74 Å². The summed E-state index contributed by atoms with van der Waals surface area (Å²) in [6.45, 7) is 4.07. The average molecular weight is 268 g/mol. The lowest BCUT2D eigenvalue weighted by atomic mass is 9.97. The number of aromatic hydroxyl groups is 1. The fraction of sp³-hybridized carbons (Fsp3) is 0.235. The van der Waals surface area contributed by atoms with E-state index in [9.17, 15) is 9.90 Å². The maximum Gasteiger partial charge on any atom is 0.193 e. The van der Waals surface area contributed by atoms with Gasteiger partial charge >= 0.3 is 0 Å². The van der Waals surface area contributed by atoms with Gasteiger partial charge in [0.25, 0.3) is 0 Å². The SMILES string of the molecule is CC1(C)Cc2cc(C(=O)c3ccc(O)cc3)ccc2O1. The molecule has 102 valence electrons. The number of fused-ring (bicyclic) bond motifs is 1. The fourth-order valence-corrected chi connectivity index (χ4v) is 2.53. The van der Waals surface area contributed by atoms with Crippen molar-refractivity contribution in [3.63, 3.8) is 0 Å². The van der Waals surface area contributed by atoms with Crippen molar-refractivity contribution in [1.82, 2.24) is 0 Å². The predicted molar refractivity (Wildman–Crippen MR) is 76.4 cm³/mol. The monoisotopic (exact) mass is 268 g/mol. The minimum absolute atomic E-state index is 0.0440. The van der Waals surface area contributed by atoms with Gasteiger partial charge in [0.2, 0.25) is 0 Å². The molecule has 0 saturated carbocycles. The summed E-state index contributed by atoms with van der Waals surface area (Å²) < 4.78 is 5.81. The second kappa shape index (κ2) is 4.37. The molecule has 20 heavy (non-hydrogen) atoms. The fourth-order valence-electron chi connectivity index (χ4n) is 2.53. The molecule has 0 bridgehead atoms. The van der Waals surface area contributed by atoms with E-state index < -0.39 is 0 Å². The van der Waals surface area contributed by atoms with E-state index in [-0.39, 0.29) is 17.1 Å². The molecule has 0 spiro atoms. The van der Waals surface area contributed by atoms with Crippen molar-refractivity contribution < 1.29 is 14.6 Å². The summed E-state index contributed by atoms with van der Waals surface area (Å²) in [7, 11) is 0. The van der Waals surface area contributed by atoms with Gasteiger partial charge in [-0.25, -0.2) is 0 Å². The summed E-state index contributed by atoms with van der Waals surface area (Å²) >= 11 is 0. The van der Waals surface area contributed by atoms with Crippen molar-refractivity contribution in [1.29, 1.82) is 0 Å². The van der Waals surface area contributed by atoms with Crippen LogP contribution in [0.4, 0.5) is 0 Å². The number of ketones is 1. The lowest BCUT2D eigenvalue weighted by molar-refractivity contribution is 0.103. The number of benzene rings is 2. The summed E-state index contributed by atoms with van der Waals surface area (Å²) in [4.78, 5) is 12.4. The Morgan fingerprint density at radius 3 is 2.45 bits per heavy atom. The molecule has 1 aliphatic rings. The highest BCUT2D eigenvalue weighted by atomic mass is 16.5. The molecule has 0 amide bonds. The molecule has 3 rings (SSSR count). The second-order valence-corrected chi connectivity index (χ2v) is 5.74. The van der Waals surface area contributed by atoms with Gasteiger partial charge in [-0.05, 0) is 61.9 Å². The molecule has 0 fully saturated rings. The molecule has 1 heterocycles. The van der Waals surface area contributed by atoms with Gasteiger partial charge in [0.15, 0.2) is 5.78 Å². The maximum atomic E-state index is 12.4. The normalized spacial score (nSPS) is 15.5. The van der Waals surface area contributed by atoms with E-state index in [1.54, 1.807) is 18.2 Å². The van der Waals surface area contributed by atoms with E-state index >= 15 is 0 Å². The van der Waals surface area contributed by atoms with E-state index in [1.165, 1.54) is 12.1 Å². The van der Waals surface area contributed by atoms with E-state index in [0.717, 1.165) is 17.7 Å². The standard InChI is InChI=1S/C17H16O3/c1-17(2)10-13-9-12(5-8-15(13)20-17)16(19)11-3-6-14(18)7-4-11/h3-9,18H,10H2,1-2H3. The number of carbonyl (C=O) groups excluding carboxylic acids is 1. The molecule has 0 atom stereocenters. The van der Waals surface area contributed by atoms with Crippen LogP contribution in [0.25, 0.3) is 0 Å². The predicted octanol–water partition coefficient (Wildman–Crippen LogP) is 3.34. The largest absolute Gasteiger partial charge is 0.508 e. The lowest BCUT2D eigenvalue weighted by Crippen LogP contribution is -2.24. The van der Waals surface area contributed by atoms with Gasteiger partial charge in [-0.1, -0.05) is 0 Å². The van der Waals surface area contributed by atoms with Crippen LogP contribution in [-0.4, -0.2) is 16.5 Å². The number of phenolic OH excluding ortho intramolecular Hbond substituents is 1. The van der Waals surface area contributed by atoms with Gasteiger partial charge in [0.05, 0.1) is 0 Å². The van der Waals surface area contributed by atoms with Crippen molar-refractivity contribution in [3.05, 3.63) is 59.2 Å². The second-order valence-electron chi connectivity index (χ2n) is 5.74. The lowest BCUT2D eigenvalue weighted by Gasteiger charge is -2.16. The first kappa shape index (κ1) is 12.7. The zero-order valence-electron chi connectivity index (χ0n) is 11.5. The summed E-state index contributed by atoms with van der Waals surface area (Å²) in [5.74, 6) is 0.973. The molecule has 0 aromatic heterocycles. The van der Waals surface area contributed by atoms with Crippen LogP contribution >= 0.6 is 0 Å². The molecule has 0 unspecified atom stereocenters. The average Bonchev–Trinajstić information content (AvgIpc) is 2.71. The Labute approximate surface area is 117 Å². The van der Waals surface area contributed by atoms with Crippen LogP contribution in [0.3, 0.4) is 0 Å². The Morgan fingerprint density at radius 2 is 1.75 bits per heavy atom. The highest BCUT2D eigenvalue weighted by molar-refractivity contribution is 6.09. The van der Waals surface area contributed by atoms with Gasteiger partial charge in [0.1, 0.15) is 17.1 Å². The molecule has 1 N–H and O–H groups in total. The number of ether oxygens (including phenoxy) is 1. The van der Waals surface area contributed by atoms with E-state index in [2.05, 4.69) is 0 Å². The summed E-state index contributed by atoms with van der Waals surface area (Å²) in [6.07, 6.45) is 0.805. The van der Waals surface area contributed by atoms with Gasteiger partial charge in [0, 0.05) is 17.5 Å². The summed E-state index contributed by atoms with van der Waals surface area (Å²) in [5, 5.41) is 9.27. The Hall–Kier alpha value is -2.29. The van der Waals surface area contributed by atoms with E-state index in [1.807, 2.05) is 26.0 Å². The van der Waals surface area contributed by atoms with Crippen molar-refractivity contribution in [2.75, 3.05) is 0 Å². The Balaban J connectivity index is 1.93. The van der Waals surface area contributed by atoms with Crippen LogP contribution in [0.5, 0.6) is 11.5 Å². The molecular weight excluding hydrogens is 252 g/mol. The van der Waals surface area contributed by atoms with Crippen LogP contribution in [0.15, 0.2) is 42.5 Å². The number of phenols is 1. The Bertz CT molecular complexity index is 669. The highest BCUT2D eigenvalue weighted by Gasteiger charge is 2.30. The molecule has 0 saturated heterocycles. The van der Waals surface area contributed by atoms with Crippen molar-refractivity contribution in [2.45, 2.75) is 25.9 Å². The number of carbonyl (C=O) groups is 1. The van der Waals surface area contributed by atoms with Gasteiger partial charge < -0.3 is 9.84 Å². The molecule has 2 aromatic rings. The quantitative estimate of drug-likeness (QED) is 0.850. The van der Waals surface area contributed by atoms with Gasteiger partial charge in [-0.15, -0.1) is 0 Å². The number of rotatable bonds is 2. The van der Waals surface area contributed by atoms with Gasteiger partial charge in [-0.2, -0.15) is 0 Å². The number of hydrogen-bond donors (Lipinski definition) is 1. The topological polar surface area (TPSA) is 46.5 Å². The van der Waals surface area contributed by atoms with Crippen molar-refractivity contribution >= 4 is 5.78 Å². The highest BCUT2D eigenvalue weighted by Crippen LogP contribution is 2.35. The number of hydrogen-bond acceptors (Lipinski definition) is 3. The van der Waals surface area contributed by atoms with Crippen LogP contribution in [0, 0.1) is 0 Å². The van der Waals surface area contributed by atoms with Crippen LogP contribution < -0.4 is 4.74 Å². The summed E-state index contributed by atoms with van der Waals surface area (Å²) in [6, 6.07) is 11.8. The summed E-state index contributed by atoms with van der Waals surface area (Å²) in [5.41, 5.74) is 2.08. The third-order valence-electron chi connectivity index (χ3n) is 3.45. The van der Waals surface area contributed by atoms with Crippen molar-refractivity contribution in [3.8, 4) is 11.5 Å². The Morgan fingerprint density at radius 1 is 1.10 bits per heavy atom. The minimum atomic E-state index is -0.206. The maximum absolute atomic E-state index is 12.4. The third-order valence-corrected chi connectivity index (χ3v) is 3.45. The molecule has 0 aliphatic carbocycles. The van der Waals surface area contributed by atoms with Crippen LogP contribution in [-0.2, 0) is 6.42 Å².